The van der Waals surface area contributed by atoms with Gasteiger partial charge in [0.1, 0.15) is 0 Å². The normalized spacial score (nSPS) is 18.9. The maximum Gasteiger partial charge on any atom is 0.308 e. The molecule has 0 bridgehead atoms. The summed E-state index contributed by atoms with van der Waals surface area (Å²) in [7, 11) is 0. The van der Waals surface area contributed by atoms with Crippen LogP contribution in [0.2, 0.25) is 0 Å². The molecule has 1 heterocycles. The first-order chi connectivity index (χ1) is 8.56. The van der Waals surface area contributed by atoms with Crippen LogP contribution in [-0.4, -0.2) is 35.0 Å². The number of aliphatic carboxylic acids is 1. The highest BCUT2D eigenvalue weighted by Crippen LogP contribution is 2.18. The molecule has 18 heavy (non-hydrogen) atoms. The van der Waals surface area contributed by atoms with Gasteiger partial charge < -0.3 is 10.0 Å². The van der Waals surface area contributed by atoms with E-state index in [0.717, 1.165) is 9.13 Å². The number of likely N-dealkylation sites (tertiary alicyclic amines) is 1. The summed E-state index contributed by atoms with van der Waals surface area (Å²) >= 11 is 2.21. The minimum Gasteiger partial charge on any atom is -0.481 e. The van der Waals surface area contributed by atoms with Gasteiger partial charge in [-0.3, -0.25) is 9.59 Å². The standard InChI is InChI=1S/C13H14INO3/c14-11-3-1-2-9(6-11)7-12(16)15-5-4-10(8-15)13(17)18/h1-3,6,10H,4-5,7-8H2,(H,17,18). The minimum absolute atomic E-state index is 0.0146. The highest BCUT2D eigenvalue weighted by molar-refractivity contribution is 14.1. The second kappa shape index (κ2) is 5.69. The predicted octanol–water partition coefficient (Wildman–Crippen LogP) is 1.77. The summed E-state index contributed by atoms with van der Waals surface area (Å²) in [5, 5.41) is 8.90. The Morgan fingerprint density at radius 3 is 2.83 bits per heavy atom. The van der Waals surface area contributed by atoms with Crippen molar-refractivity contribution < 1.29 is 14.7 Å². The van der Waals surface area contributed by atoms with Gasteiger partial charge in [-0.05, 0) is 46.7 Å². The molecular weight excluding hydrogens is 345 g/mol. The molecule has 1 aliphatic rings. The molecule has 96 valence electrons. The third kappa shape index (κ3) is 3.22. The first kappa shape index (κ1) is 13.3. The summed E-state index contributed by atoms with van der Waals surface area (Å²) in [4.78, 5) is 24.5. The van der Waals surface area contributed by atoms with E-state index in [1.165, 1.54) is 0 Å². The first-order valence-electron chi connectivity index (χ1n) is 5.81. The Morgan fingerprint density at radius 1 is 1.44 bits per heavy atom. The third-order valence-corrected chi connectivity index (χ3v) is 3.81. The molecule has 2 rings (SSSR count). The van der Waals surface area contributed by atoms with Crippen molar-refractivity contribution in [2.45, 2.75) is 12.8 Å². The van der Waals surface area contributed by atoms with Crippen molar-refractivity contribution in [3.63, 3.8) is 0 Å². The van der Waals surface area contributed by atoms with E-state index >= 15 is 0 Å². The summed E-state index contributed by atoms with van der Waals surface area (Å²) in [5.41, 5.74) is 0.977. The summed E-state index contributed by atoms with van der Waals surface area (Å²) in [5.74, 6) is -1.19. The monoisotopic (exact) mass is 359 g/mol. The van der Waals surface area contributed by atoms with Crippen molar-refractivity contribution in [1.82, 2.24) is 4.90 Å². The summed E-state index contributed by atoms with van der Waals surface area (Å²) in [6.45, 7) is 0.901. The van der Waals surface area contributed by atoms with Gasteiger partial charge in [0.05, 0.1) is 12.3 Å². The van der Waals surface area contributed by atoms with Crippen molar-refractivity contribution in [1.29, 1.82) is 0 Å². The molecule has 1 amide bonds. The maximum atomic E-state index is 12.0. The lowest BCUT2D eigenvalue weighted by molar-refractivity contribution is -0.141. The second-order valence-electron chi connectivity index (χ2n) is 4.47. The molecule has 1 fully saturated rings. The summed E-state index contributed by atoms with van der Waals surface area (Å²) < 4.78 is 1.10. The summed E-state index contributed by atoms with van der Waals surface area (Å²) in [6, 6.07) is 7.80. The second-order valence-corrected chi connectivity index (χ2v) is 5.72. The molecule has 0 radical (unpaired) electrons. The van der Waals surface area contributed by atoms with E-state index in [9.17, 15) is 9.59 Å². The number of amides is 1. The quantitative estimate of drug-likeness (QED) is 0.837. The van der Waals surface area contributed by atoms with Gasteiger partial charge in [0.2, 0.25) is 5.91 Å². The number of rotatable bonds is 3. The fourth-order valence-electron chi connectivity index (χ4n) is 2.12. The minimum atomic E-state index is -0.806. The van der Waals surface area contributed by atoms with Gasteiger partial charge in [-0.25, -0.2) is 0 Å². The lowest BCUT2D eigenvalue weighted by Crippen LogP contribution is -2.31. The third-order valence-electron chi connectivity index (χ3n) is 3.13. The number of carbonyl (C=O) groups excluding carboxylic acids is 1. The average Bonchev–Trinajstić information content (AvgIpc) is 2.78. The summed E-state index contributed by atoms with van der Waals surface area (Å²) in [6.07, 6.45) is 0.913. The Morgan fingerprint density at radius 2 is 2.22 bits per heavy atom. The fraction of sp³-hybridized carbons (Fsp3) is 0.385. The number of carboxylic acids is 1. The van der Waals surface area contributed by atoms with Gasteiger partial charge in [0.15, 0.2) is 0 Å². The van der Waals surface area contributed by atoms with Crippen molar-refractivity contribution in [3.8, 4) is 0 Å². The molecule has 0 spiro atoms. The van der Waals surface area contributed by atoms with Crippen LogP contribution < -0.4 is 0 Å². The average molecular weight is 359 g/mol. The van der Waals surface area contributed by atoms with Crippen LogP contribution in [0.1, 0.15) is 12.0 Å². The molecular formula is C13H14INO3. The molecule has 0 aliphatic carbocycles. The van der Waals surface area contributed by atoms with E-state index in [2.05, 4.69) is 22.6 Å². The zero-order chi connectivity index (χ0) is 13.1. The van der Waals surface area contributed by atoms with E-state index in [-0.39, 0.29) is 5.91 Å². The van der Waals surface area contributed by atoms with E-state index in [1.54, 1.807) is 4.90 Å². The van der Waals surface area contributed by atoms with Crippen LogP contribution in [0.5, 0.6) is 0 Å². The van der Waals surface area contributed by atoms with E-state index in [0.29, 0.717) is 25.9 Å². The van der Waals surface area contributed by atoms with Gasteiger partial charge in [-0.2, -0.15) is 0 Å². The van der Waals surface area contributed by atoms with Gasteiger partial charge in [-0.15, -0.1) is 0 Å². The van der Waals surface area contributed by atoms with Crippen molar-refractivity contribution >= 4 is 34.5 Å². The number of benzene rings is 1. The molecule has 0 saturated carbocycles. The van der Waals surface area contributed by atoms with Crippen molar-refractivity contribution in [3.05, 3.63) is 33.4 Å². The number of hydrogen-bond donors (Lipinski definition) is 1. The SMILES string of the molecule is O=C(O)C1CCN(C(=O)Cc2cccc(I)c2)C1. The Balaban J connectivity index is 1.95. The van der Waals surface area contributed by atoms with Crippen LogP contribution >= 0.6 is 22.6 Å². The molecule has 1 aromatic carbocycles. The number of nitrogens with zero attached hydrogens (tertiary/aromatic N) is 1. The van der Waals surface area contributed by atoms with Gasteiger partial charge >= 0.3 is 5.97 Å². The number of halogens is 1. The topological polar surface area (TPSA) is 57.6 Å². The Kier molecular flexibility index (Phi) is 4.21. The van der Waals surface area contributed by atoms with E-state index in [1.807, 2.05) is 24.3 Å². The van der Waals surface area contributed by atoms with Crippen molar-refractivity contribution in [2.75, 3.05) is 13.1 Å². The molecule has 1 aliphatic heterocycles. The fourth-order valence-corrected chi connectivity index (χ4v) is 2.73. The maximum absolute atomic E-state index is 12.0. The zero-order valence-corrected chi connectivity index (χ0v) is 12.0. The van der Waals surface area contributed by atoms with Crippen LogP contribution in [0.15, 0.2) is 24.3 Å². The molecule has 1 unspecified atom stereocenters. The van der Waals surface area contributed by atoms with E-state index < -0.39 is 11.9 Å². The zero-order valence-electron chi connectivity index (χ0n) is 9.80. The van der Waals surface area contributed by atoms with Gasteiger partial charge in [0.25, 0.3) is 0 Å². The molecule has 1 saturated heterocycles. The smallest absolute Gasteiger partial charge is 0.308 e. The van der Waals surface area contributed by atoms with Crippen LogP contribution in [-0.2, 0) is 16.0 Å². The molecule has 1 aromatic rings. The van der Waals surface area contributed by atoms with Crippen LogP contribution in [0.4, 0.5) is 0 Å². The number of carboxylic acid groups (broad SMARTS) is 1. The lowest BCUT2D eigenvalue weighted by atomic mass is 10.1. The Hall–Kier alpha value is -1.11. The Labute approximate surface area is 119 Å². The van der Waals surface area contributed by atoms with E-state index in [4.69, 9.17) is 5.11 Å². The van der Waals surface area contributed by atoms with Crippen LogP contribution in [0.25, 0.3) is 0 Å². The highest BCUT2D eigenvalue weighted by atomic mass is 127. The predicted molar refractivity (Wildman–Crippen MR) is 75.2 cm³/mol. The molecule has 5 heteroatoms. The Bertz CT molecular complexity index is 475. The first-order valence-corrected chi connectivity index (χ1v) is 6.89. The largest absolute Gasteiger partial charge is 0.481 e. The van der Waals surface area contributed by atoms with Crippen LogP contribution in [0.3, 0.4) is 0 Å². The molecule has 1 atom stereocenters. The molecule has 0 aromatic heterocycles. The van der Waals surface area contributed by atoms with Crippen LogP contribution in [0, 0.1) is 9.49 Å². The number of hydrogen-bond acceptors (Lipinski definition) is 2. The molecule has 1 N–H and O–H groups in total. The highest BCUT2D eigenvalue weighted by Gasteiger charge is 2.30. The lowest BCUT2D eigenvalue weighted by Gasteiger charge is -2.15. The number of carbonyl (C=O) groups is 2. The molecule has 4 nitrogen and oxygen atoms in total. The van der Waals surface area contributed by atoms with Crippen molar-refractivity contribution in [2.24, 2.45) is 5.92 Å². The van der Waals surface area contributed by atoms with Gasteiger partial charge in [-0.1, -0.05) is 12.1 Å². The van der Waals surface area contributed by atoms with Gasteiger partial charge in [0, 0.05) is 16.7 Å².